The average Bonchev–Trinajstić information content (AvgIpc) is 2.82. The molecule has 5 heteroatoms. The van der Waals surface area contributed by atoms with Crippen molar-refractivity contribution in [3.8, 4) is 11.5 Å². The van der Waals surface area contributed by atoms with Crippen LogP contribution in [-0.2, 0) is 4.79 Å². The van der Waals surface area contributed by atoms with Crippen LogP contribution in [-0.4, -0.2) is 50.2 Å². The molecule has 22 heavy (non-hydrogen) atoms. The van der Waals surface area contributed by atoms with Crippen LogP contribution in [0.3, 0.4) is 0 Å². The molecular formula is C17H26N2O3. The van der Waals surface area contributed by atoms with Gasteiger partial charge in [-0.2, -0.15) is 0 Å². The molecule has 0 spiro atoms. The first-order chi connectivity index (χ1) is 10.8. The third-order valence-electron chi connectivity index (χ3n) is 3.63. The summed E-state index contributed by atoms with van der Waals surface area (Å²) < 4.78 is 11.0. The quantitative estimate of drug-likeness (QED) is 0.784. The van der Waals surface area contributed by atoms with E-state index in [-0.39, 0.29) is 5.91 Å². The number of nitrogens with zero attached hydrogens (tertiary/aromatic N) is 1. The molecule has 1 aromatic carbocycles. The van der Waals surface area contributed by atoms with Crippen LogP contribution in [0.5, 0.6) is 11.5 Å². The lowest BCUT2D eigenvalue weighted by atomic mass is 10.2. The molecule has 0 atom stereocenters. The average molecular weight is 306 g/mol. The molecule has 2 rings (SSSR count). The predicted molar refractivity (Wildman–Crippen MR) is 86.4 cm³/mol. The molecule has 0 radical (unpaired) electrons. The third kappa shape index (κ3) is 5.56. The van der Waals surface area contributed by atoms with Gasteiger partial charge in [-0.25, -0.2) is 0 Å². The van der Waals surface area contributed by atoms with Crippen molar-refractivity contribution >= 4 is 5.91 Å². The molecule has 1 N–H and O–H groups in total. The highest BCUT2D eigenvalue weighted by molar-refractivity contribution is 5.76. The molecule has 1 aromatic rings. The number of hydrogen-bond acceptors (Lipinski definition) is 4. The van der Waals surface area contributed by atoms with Crippen molar-refractivity contribution in [2.45, 2.75) is 26.2 Å². The van der Waals surface area contributed by atoms with Crippen molar-refractivity contribution in [3.63, 3.8) is 0 Å². The molecule has 1 aliphatic rings. The maximum absolute atomic E-state index is 12.1. The highest BCUT2D eigenvalue weighted by atomic mass is 16.5. The number of carbonyl (C=O) groups excluding carboxylic acids is 1. The Kier molecular flexibility index (Phi) is 7.03. The minimum Gasteiger partial charge on any atom is -0.494 e. The number of amides is 1. The van der Waals surface area contributed by atoms with Gasteiger partial charge in [-0.1, -0.05) is 0 Å². The summed E-state index contributed by atoms with van der Waals surface area (Å²) in [5.41, 5.74) is 0. The van der Waals surface area contributed by atoms with E-state index in [1.165, 1.54) is 0 Å². The molecule has 1 fully saturated rings. The zero-order valence-corrected chi connectivity index (χ0v) is 13.3. The van der Waals surface area contributed by atoms with Gasteiger partial charge in [0.1, 0.15) is 11.5 Å². The number of ether oxygens (including phenoxy) is 2. The van der Waals surface area contributed by atoms with Gasteiger partial charge in [-0.15, -0.1) is 0 Å². The molecule has 0 aliphatic carbocycles. The largest absolute Gasteiger partial charge is 0.494 e. The van der Waals surface area contributed by atoms with E-state index in [0.29, 0.717) is 19.6 Å². The second kappa shape index (κ2) is 9.30. The molecule has 0 saturated carbocycles. The van der Waals surface area contributed by atoms with Crippen LogP contribution in [0.4, 0.5) is 0 Å². The van der Waals surface area contributed by atoms with Crippen molar-refractivity contribution in [3.05, 3.63) is 24.3 Å². The Morgan fingerprint density at radius 3 is 2.59 bits per heavy atom. The maximum atomic E-state index is 12.1. The molecule has 1 heterocycles. The molecule has 1 amide bonds. The van der Waals surface area contributed by atoms with Gasteiger partial charge in [0.25, 0.3) is 0 Å². The van der Waals surface area contributed by atoms with Gasteiger partial charge >= 0.3 is 0 Å². The Morgan fingerprint density at radius 1 is 1.14 bits per heavy atom. The fraction of sp³-hybridized carbons (Fsp3) is 0.588. The molecule has 0 bridgehead atoms. The first kappa shape index (κ1) is 16.6. The molecule has 0 aromatic heterocycles. The molecule has 1 aliphatic heterocycles. The first-order valence-corrected chi connectivity index (χ1v) is 8.13. The van der Waals surface area contributed by atoms with Gasteiger partial charge in [-0.3, -0.25) is 4.79 Å². The van der Waals surface area contributed by atoms with E-state index in [1.807, 2.05) is 36.1 Å². The smallest absolute Gasteiger partial charge is 0.222 e. The molecule has 0 unspecified atom stereocenters. The van der Waals surface area contributed by atoms with Crippen LogP contribution in [0.2, 0.25) is 0 Å². The summed E-state index contributed by atoms with van der Waals surface area (Å²) in [5.74, 6) is 1.90. The lowest BCUT2D eigenvalue weighted by Gasteiger charge is -2.19. The summed E-state index contributed by atoms with van der Waals surface area (Å²) in [4.78, 5) is 14.1. The maximum Gasteiger partial charge on any atom is 0.222 e. The normalized spacial score (nSPS) is 15.2. The zero-order valence-electron chi connectivity index (χ0n) is 13.3. The Bertz CT molecular complexity index is 440. The monoisotopic (exact) mass is 306 g/mol. The van der Waals surface area contributed by atoms with E-state index in [2.05, 4.69) is 5.32 Å². The van der Waals surface area contributed by atoms with E-state index in [9.17, 15) is 4.79 Å². The van der Waals surface area contributed by atoms with E-state index in [4.69, 9.17) is 9.47 Å². The number of rotatable bonds is 7. The Balaban J connectivity index is 1.64. The van der Waals surface area contributed by atoms with Crippen molar-refractivity contribution in [1.82, 2.24) is 10.2 Å². The summed E-state index contributed by atoms with van der Waals surface area (Å²) in [5, 5.41) is 3.31. The standard InChI is InChI=1S/C17H26N2O3/c1-2-21-15-6-8-16(9-7-15)22-14-3-5-17(20)19-12-4-10-18-11-13-19/h6-9,18H,2-5,10-14H2,1H3. The fourth-order valence-corrected chi connectivity index (χ4v) is 2.47. The van der Waals surface area contributed by atoms with E-state index in [0.717, 1.165) is 50.5 Å². The van der Waals surface area contributed by atoms with Crippen molar-refractivity contribution < 1.29 is 14.3 Å². The zero-order chi connectivity index (χ0) is 15.6. The van der Waals surface area contributed by atoms with Crippen LogP contribution in [0.1, 0.15) is 26.2 Å². The number of benzene rings is 1. The second-order valence-electron chi connectivity index (χ2n) is 5.34. The van der Waals surface area contributed by atoms with Crippen LogP contribution in [0, 0.1) is 0 Å². The minimum atomic E-state index is 0.235. The summed E-state index contributed by atoms with van der Waals surface area (Å²) in [6.07, 6.45) is 2.33. The Hall–Kier alpha value is -1.75. The van der Waals surface area contributed by atoms with Gasteiger partial charge in [0, 0.05) is 26.1 Å². The highest BCUT2D eigenvalue weighted by Crippen LogP contribution is 2.17. The number of hydrogen-bond donors (Lipinski definition) is 1. The van der Waals surface area contributed by atoms with Gasteiger partial charge in [0.05, 0.1) is 13.2 Å². The SMILES string of the molecule is CCOc1ccc(OCCCC(=O)N2CCCNCC2)cc1. The highest BCUT2D eigenvalue weighted by Gasteiger charge is 2.14. The third-order valence-corrected chi connectivity index (χ3v) is 3.63. The molecule has 1 saturated heterocycles. The summed E-state index contributed by atoms with van der Waals surface area (Å²) in [7, 11) is 0. The Labute approximate surface area is 132 Å². The van der Waals surface area contributed by atoms with E-state index < -0.39 is 0 Å². The summed E-state index contributed by atoms with van der Waals surface area (Å²) in [6, 6.07) is 7.59. The predicted octanol–water partition coefficient (Wildman–Crippen LogP) is 2.07. The summed E-state index contributed by atoms with van der Waals surface area (Å²) in [6.45, 7) is 6.77. The van der Waals surface area contributed by atoms with Gasteiger partial charge in [0.15, 0.2) is 0 Å². The van der Waals surface area contributed by atoms with E-state index >= 15 is 0 Å². The van der Waals surface area contributed by atoms with Crippen molar-refractivity contribution in [2.24, 2.45) is 0 Å². The number of carbonyl (C=O) groups is 1. The Morgan fingerprint density at radius 2 is 1.86 bits per heavy atom. The topological polar surface area (TPSA) is 50.8 Å². The van der Waals surface area contributed by atoms with Crippen LogP contribution in [0.15, 0.2) is 24.3 Å². The second-order valence-corrected chi connectivity index (χ2v) is 5.34. The molecule has 5 nitrogen and oxygen atoms in total. The minimum absolute atomic E-state index is 0.235. The van der Waals surface area contributed by atoms with Crippen molar-refractivity contribution in [2.75, 3.05) is 39.4 Å². The first-order valence-electron chi connectivity index (χ1n) is 8.13. The van der Waals surface area contributed by atoms with E-state index in [1.54, 1.807) is 0 Å². The molecule has 122 valence electrons. The fourth-order valence-electron chi connectivity index (χ4n) is 2.47. The number of nitrogens with one attached hydrogen (secondary N) is 1. The van der Waals surface area contributed by atoms with Gasteiger partial charge < -0.3 is 19.7 Å². The van der Waals surface area contributed by atoms with Gasteiger partial charge in [0.2, 0.25) is 5.91 Å². The lowest BCUT2D eigenvalue weighted by Crippen LogP contribution is -2.34. The van der Waals surface area contributed by atoms with Crippen LogP contribution in [0.25, 0.3) is 0 Å². The van der Waals surface area contributed by atoms with Gasteiger partial charge in [-0.05, 0) is 50.6 Å². The van der Waals surface area contributed by atoms with Crippen molar-refractivity contribution in [1.29, 1.82) is 0 Å². The summed E-state index contributed by atoms with van der Waals surface area (Å²) >= 11 is 0. The van der Waals surface area contributed by atoms with Crippen LogP contribution >= 0.6 is 0 Å². The van der Waals surface area contributed by atoms with Crippen LogP contribution < -0.4 is 14.8 Å². The molecular weight excluding hydrogens is 280 g/mol. The lowest BCUT2D eigenvalue weighted by molar-refractivity contribution is -0.131.